The van der Waals surface area contributed by atoms with Gasteiger partial charge in [0, 0.05) is 15.7 Å². The molecular formula is C25H22BrFN4O. The zero-order valence-electron chi connectivity index (χ0n) is 17.9. The predicted octanol–water partition coefficient (Wildman–Crippen LogP) is 6.52. The Hall–Kier alpha value is -3.32. The van der Waals surface area contributed by atoms with Crippen molar-refractivity contribution < 1.29 is 9.18 Å². The fourth-order valence-electron chi connectivity index (χ4n) is 3.36. The maximum Gasteiger partial charge on any atom is 0.295 e. The van der Waals surface area contributed by atoms with Gasteiger partial charge in [0.15, 0.2) is 5.82 Å². The first-order valence-electron chi connectivity index (χ1n) is 10.2. The zero-order valence-corrected chi connectivity index (χ0v) is 19.5. The van der Waals surface area contributed by atoms with Gasteiger partial charge in [-0.25, -0.2) is 14.1 Å². The SMILES string of the molecule is Cc1ccc(-c2nc(C(=O)Nc3ccc(Br)cc3C(C)C)nn2-c2ccc(F)cc2)cc1. The number of benzene rings is 3. The standard InChI is InChI=1S/C25H22BrFN4O/c1-15(2)21-14-18(26)8-13-22(21)28-25(32)23-29-24(17-6-4-16(3)5-7-17)31(30-23)20-11-9-19(27)10-12-20/h4-15H,1-3H3,(H,28,32). The summed E-state index contributed by atoms with van der Waals surface area (Å²) in [6.45, 7) is 6.13. The summed E-state index contributed by atoms with van der Waals surface area (Å²) in [6.07, 6.45) is 0. The lowest BCUT2D eigenvalue weighted by molar-refractivity contribution is 0.101. The van der Waals surface area contributed by atoms with Gasteiger partial charge in [0.2, 0.25) is 5.82 Å². The topological polar surface area (TPSA) is 59.8 Å². The second kappa shape index (κ2) is 9.04. The fourth-order valence-corrected chi connectivity index (χ4v) is 3.74. The number of anilines is 1. The van der Waals surface area contributed by atoms with Crippen LogP contribution in [0.4, 0.5) is 10.1 Å². The summed E-state index contributed by atoms with van der Waals surface area (Å²) < 4.78 is 16.0. The van der Waals surface area contributed by atoms with Crippen molar-refractivity contribution in [2.24, 2.45) is 0 Å². The first-order chi connectivity index (χ1) is 15.3. The average Bonchev–Trinajstić information content (AvgIpc) is 3.21. The summed E-state index contributed by atoms with van der Waals surface area (Å²) in [5.41, 5.74) is 4.24. The molecule has 0 saturated carbocycles. The number of nitrogens with zero attached hydrogens (tertiary/aromatic N) is 3. The normalized spacial score (nSPS) is 11.1. The second-order valence-corrected chi connectivity index (χ2v) is 8.77. The fraction of sp³-hybridized carbons (Fsp3) is 0.160. The molecule has 3 aromatic carbocycles. The van der Waals surface area contributed by atoms with Crippen molar-refractivity contribution in [2.75, 3.05) is 5.32 Å². The van der Waals surface area contributed by atoms with E-state index >= 15 is 0 Å². The first-order valence-corrected chi connectivity index (χ1v) is 11.0. The minimum atomic E-state index is -0.413. The third-order valence-electron chi connectivity index (χ3n) is 5.08. The highest BCUT2D eigenvalue weighted by atomic mass is 79.9. The van der Waals surface area contributed by atoms with Crippen LogP contribution in [0, 0.1) is 12.7 Å². The highest BCUT2D eigenvalue weighted by molar-refractivity contribution is 9.10. The van der Waals surface area contributed by atoms with Gasteiger partial charge in [-0.05, 0) is 60.9 Å². The number of rotatable bonds is 5. The van der Waals surface area contributed by atoms with Crippen LogP contribution < -0.4 is 5.32 Å². The highest BCUT2D eigenvalue weighted by Crippen LogP contribution is 2.28. The molecule has 0 saturated heterocycles. The summed E-state index contributed by atoms with van der Waals surface area (Å²) in [6, 6.07) is 19.4. The molecule has 0 spiro atoms. The molecule has 4 rings (SSSR count). The van der Waals surface area contributed by atoms with Crippen LogP contribution in [0.1, 0.15) is 41.5 Å². The van der Waals surface area contributed by atoms with Crippen molar-refractivity contribution in [1.29, 1.82) is 0 Å². The molecule has 7 heteroatoms. The van der Waals surface area contributed by atoms with E-state index in [0.717, 1.165) is 21.2 Å². The van der Waals surface area contributed by atoms with E-state index in [4.69, 9.17) is 0 Å². The number of aromatic nitrogens is 3. The van der Waals surface area contributed by atoms with Gasteiger partial charge in [-0.1, -0.05) is 59.6 Å². The Morgan fingerprint density at radius 2 is 1.72 bits per heavy atom. The van der Waals surface area contributed by atoms with Crippen LogP contribution >= 0.6 is 15.9 Å². The van der Waals surface area contributed by atoms with Gasteiger partial charge in [-0.15, -0.1) is 5.10 Å². The van der Waals surface area contributed by atoms with E-state index < -0.39 is 5.91 Å². The largest absolute Gasteiger partial charge is 0.319 e. The molecule has 1 heterocycles. The quantitative estimate of drug-likeness (QED) is 0.344. The smallest absolute Gasteiger partial charge is 0.295 e. The molecule has 162 valence electrons. The number of carbonyl (C=O) groups excluding carboxylic acids is 1. The van der Waals surface area contributed by atoms with Crippen LogP contribution in [0.2, 0.25) is 0 Å². The summed E-state index contributed by atoms with van der Waals surface area (Å²) in [5, 5.41) is 7.40. The van der Waals surface area contributed by atoms with E-state index in [1.54, 1.807) is 16.8 Å². The summed E-state index contributed by atoms with van der Waals surface area (Å²) in [5.74, 6) is -0.0107. The molecule has 0 unspecified atom stereocenters. The third-order valence-corrected chi connectivity index (χ3v) is 5.57. The minimum Gasteiger partial charge on any atom is -0.319 e. The van der Waals surface area contributed by atoms with Gasteiger partial charge < -0.3 is 5.32 Å². The lowest BCUT2D eigenvalue weighted by Crippen LogP contribution is -2.16. The molecule has 5 nitrogen and oxygen atoms in total. The number of carbonyl (C=O) groups is 1. The number of halogens is 2. The first kappa shape index (κ1) is 21.9. The molecule has 0 radical (unpaired) electrons. The molecule has 4 aromatic rings. The van der Waals surface area contributed by atoms with E-state index in [-0.39, 0.29) is 17.6 Å². The van der Waals surface area contributed by atoms with Crippen molar-refractivity contribution in [1.82, 2.24) is 14.8 Å². The number of aryl methyl sites for hydroxylation is 1. The number of hydrogen-bond donors (Lipinski definition) is 1. The molecule has 0 fully saturated rings. The minimum absolute atomic E-state index is 0.0301. The van der Waals surface area contributed by atoms with Crippen molar-refractivity contribution in [3.8, 4) is 17.1 Å². The Balaban J connectivity index is 1.75. The Labute approximate surface area is 194 Å². The van der Waals surface area contributed by atoms with Gasteiger partial charge in [0.1, 0.15) is 5.82 Å². The Bertz CT molecular complexity index is 1200. The average molecular weight is 493 g/mol. The Morgan fingerprint density at radius 1 is 1.03 bits per heavy atom. The molecule has 1 aromatic heterocycles. The molecule has 0 aliphatic heterocycles. The van der Waals surface area contributed by atoms with Crippen molar-refractivity contribution in [3.63, 3.8) is 0 Å². The molecule has 1 N–H and O–H groups in total. The predicted molar refractivity (Wildman–Crippen MR) is 128 cm³/mol. The molecule has 1 amide bonds. The van der Waals surface area contributed by atoms with Gasteiger partial charge in [-0.2, -0.15) is 0 Å². The van der Waals surface area contributed by atoms with Gasteiger partial charge in [0.25, 0.3) is 5.91 Å². The van der Waals surface area contributed by atoms with E-state index in [1.165, 1.54) is 12.1 Å². The van der Waals surface area contributed by atoms with Crippen LogP contribution in [0.5, 0.6) is 0 Å². The van der Waals surface area contributed by atoms with Gasteiger partial charge in [0.05, 0.1) is 5.69 Å². The van der Waals surface area contributed by atoms with Gasteiger partial charge in [-0.3, -0.25) is 4.79 Å². The summed E-state index contributed by atoms with van der Waals surface area (Å²) in [7, 11) is 0. The van der Waals surface area contributed by atoms with Crippen LogP contribution in [0.3, 0.4) is 0 Å². The van der Waals surface area contributed by atoms with Crippen LogP contribution in [-0.4, -0.2) is 20.7 Å². The summed E-state index contributed by atoms with van der Waals surface area (Å²) in [4.78, 5) is 17.6. The second-order valence-electron chi connectivity index (χ2n) is 7.85. The number of hydrogen-bond acceptors (Lipinski definition) is 3. The zero-order chi connectivity index (χ0) is 22.8. The lowest BCUT2D eigenvalue weighted by atomic mass is 10.0. The molecule has 32 heavy (non-hydrogen) atoms. The Morgan fingerprint density at radius 3 is 2.38 bits per heavy atom. The Kier molecular flexibility index (Phi) is 6.19. The van der Waals surface area contributed by atoms with Crippen LogP contribution in [0.15, 0.2) is 71.2 Å². The lowest BCUT2D eigenvalue weighted by Gasteiger charge is -2.13. The van der Waals surface area contributed by atoms with E-state index in [2.05, 4.69) is 45.2 Å². The molecule has 0 atom stereocenters. The van der Waals surface area contributed by atoms with Crippen LogP contribution in [0.25, 0.3) is 17.1 Å². The van der Waals surface area contributed by atoms with E-state index in [1.807, 2.05) is 49.4 Å². The van der Waals surface area contributed by atoms with Crippen molar-refractivity contribution in [2.45, 2.75) is 26.7 Å². The molecule has 0 aliphatic rings. The highest BCUT2D eigenvalue weighted by Gasteiger charge is 2.20. The molecule has 0 aliphatic carbocycles. The number of nitrogens with one attached hydrogen (secondary N) is 1. The monoisotopic (exact) mass is 492 g/mol. The third kappa shape index (κ3) is 4.62. The maximum absolute atomic E-state index is 13.5. The van der Waals surface area contributed by atoms with E-state index in [9.17, 15) is 9.18 Å². The number of amides is 1. The molecule has 0 bridgehead atoms. The molecular weight excluding hydrogens is 471 g/mol. The summed E-state index contributed by atoms with van der Waals surface area (Å²) >= 11 is 3.48. The van der Waals surface area contributed by atoms with Gasteiger partial charge >= 0.3 is 0 Å². The van der Waals surface area contributed by atoms with Crippen molar-refractivity contribution in [3.05, 3.63) is 94.0 Å². The van der Waals surface area contributed by atoms with Crippen LogP contribution in [-0.2, 0) is 0 Å². The maximum atomic E-state index is 13.5. The van der Waals surface area contributed by atoms with Crippen molar-refractivity contribution >= 4 is 27.5 Å². The van der Waals surface area contributed by atoms with E-state index in [0.29, 0.717) is 17.2 Å².